The molecular formula is C19H24N4. The van der Waals surface area contributed by atoms with Gasteiger partial charge in [0.05, 0.1) is 5.69 Å². The number of rotatable bonds is 5. The summed E-state index contributed by atoms with van der Waals surface area (Å²) in [5, 5.41) is 3.23. The second kappa shape index (κ2) is 7.77. The number of nitrogens with one attached hydrogen (secondary N) is 1. The standard InChI is InChI=1S/C19H24N4/c1-2-12-20-19-21-17(16-10-6-5-7-11-16)15-18(22-19)23-13-8-3-4-9-14-23/h2,5-7,10-11,15H,1,3-4,8-9,12-14H2,(H,20,21,22). The molecule has 4 nitrogen and oxygen atoms in total. The summed E-state index contributed by atoms with van der Waals surface area (Å²) in [5.74, 6) is 1.69. The summed E-state index contributed by atoms with van der Waals surface area (Å²) >= 11 is 0. The first-order chi connectivity index (χ1) is 11.4. The zero-order valence-electron chi connectivity index (χ0n) is 13.5. The summed E-state index contributed by atoms with van der Waals surface area (Å²) in [7, 11) is 0. The van der Waals surface area contributed by atoms with Gasteiger partial charge in [-0.05, 0) is 12.8 Å². The molecule has 0 radical (unpaired) electrons. The van der Waals surface area contributed by atoms with Crippen LogP contribution in [0.3, 0.4) is 0 Å². The Bertz CT molecular complexity index is 631. The Hall–Kier alpha value is -2.36. The molecule has 1 aromatic heterocycles. The minimum absolute atomic E-state index is 0.664. The van der Waals surface area contributed by atoms with Gasteiger partial charge in [0.2, 0.25) is 5.95 Å². The van der Waals surface area contributed by atoms with Crippen molar-refractivity contribution >= 4 is 11.8 Å². The molecule has 1 fully saturated rings. The van der Waals surface area contributed by atoms with Crippen LogP contribution in [-0.2, 0) is 0 Å². The zero-order chi connectivity index (χ0) is 15.9. The van der Waals surface area contributed by atoms with Gasteiger partial charge in [-0.25, -0.2) is 4.98 Å². The van der Waals surface area contributed by atoms with Crippen LogP contribution in [0.1, 0.15) is 25.7 Å². The Balaban J connectivity index is 1.95. The highest BCUT2D eigenvalue weighted by atomic mass is 15.2. The molecule has 0 bridgehead atoms. The number of nitrogens with zero attached hydrogens (tertiary/aromatic N) is 3. The predicted molar refractivity (Wildman–Crippen MR) is 96.8 cm³/mol. The first-order valence-electron chi connectivity index (χ1n) is 8.41. The summed E-state index contributed by atoms with van der Waals surface area (Å²) in [6.07, 6.45) is 6.92. The minimum Gasteiger partial charge on any atom is -0.356 e. The first-order valence-corrected chi connectivity index (χ1v) is 8.41. The van der Waals surface area contributed by atoms with Crippen LogP contribution in [-0.4, -0.2) is 29.6 Å². The van der Waals surface area contributed by atoms with Crippen molar-refractivity contribution in [3.63, 3.8) is 0 Å². The lowest BCUT2D eigenvalue weighted by Crippen LogP contribution is -2.25. The van der Waals surface area contributed by atoms with Gasteiger partial charge >= 0.3 is 0 Å². The summed E-state index contributed by atoms with van der Waals surface area (Å²) in [6, 6.07) is 12.4. The molecule has 1 saturated heterocycles. The maximum atomic E-state index is 4.72. The number of hydrogen-bond acceptors (Lipinski definition) is 4. The Kier molecular flexibility index (Phi) is 5.25. The summed E-state index contributed by atoms with van der Waals surface area (Å²) < 4.78 is 0. The van der Waals surface area contributed by atoms with E-state index in [4.69, 9.17) is 4.98 Å². The molecule has 3 rings (SSSR count). The van der Waals surface area contributed by atoms with Crippen LogP contribution < -0.4 is 10.2 Å². The molecule has 0 amide bonds. The average Bonchev–Trinajstić information content (AvgIpc) is 2.90. The van der Waals surface area contributed by atoms with Crippen LogP contribution in [0.4, 0.5) is 11.8 Å². The Morgan fingerprint density at radius 1 is 1.04 bits per heavy atom. The van der Waals surface area contributed by atoms with Gasteiger partial charge in [0.15, 0.2) is 0 Å². The number of anilines is 2. The third kappa shape index (κ3) is 4.09. The van der Waals surface area contributed by atoms with Crippen molar-refractivity contribution < 1.29 is 0 Å². The smallest absolute Gasteiger partial charge is 0.225 e. The monoisotopic (exact) mass is 308 g/mol. The Labute approximate surface area is 138 Å². The Morgan fingerprint density at radius 3 is 2.48 bits per heavy atom. The molecule has 0 spiro atoms. The van der Waals surface area contributed by atoms with Crippen LogP contribution >= 0.6 is 0 Å². The van der Waals surface area contributed by atoms with Gasteiger partial charge in [-0.2, -0.15) is 4.98 Å². The van der Waals surface area contributed by atoms with E-state index < -0.39 is 0 Å². The maximum Gasteiger partial charge on any atom is 0.225 e. The van der Waals surface area contributed by atoms with Crippen molar-refractivity contribution in [2.24, 2.45) is 0 Å². The lowest BCUT2D eigenvalue weighted by atomic mass is 10.1. The van der Waals surface area contributed by atoms with Gasteiger partial charge in [-0.15, -0.1) is 6.58 Å². The zero-order valence-corrected chi connectivity index (χ0v) is 13.5. The van der Waals surface area contributed by atoms with Crippen molar-refractivity contribution in [3.05, 3.63) is 49.1 Å². The third-order valence-corrected chi connectivity index (χ3v) is 4.12. The highest BCUT2D eigenvalue weighted by Crippen LogP contribution is 2.25. The fourth-order valence-corrected chi connectivity index (χ4v) is 2.90. The van der Waals surface area contributed by atoms with E-state index >= 15 is 0 Å². The van der Waals surface area contributed by atoms with E-state index in [-0.39, 0.29) is 0 Å². The van der Waals surface area contributed by atoms with Crippen LogP contribution in [0.15, 0.2) is 49.1 Å². The molecular weight excluding hydrogens is 284 g/mol. The predicted octanol–water partition coefficient (Wildman–Crippen LogP) is 4.12. The highest BCUT2D eigenvalue weighted by Gasteiger charge is 2.14. The molecule has 1 aliphatic heterocycles. The molecule has 1 aliphatic rings. The highest BCUT2D eigenvalue weighted by molar-refractivity contribution is 5.64. The molecule has 0 atom stereocenters. The fraction of sp³-hybridized carbons (Fsp3) is 0.368. The largest absolute Gasteiger partial charge is 0.356 e. The van der Waals surface area contributed by atoms with E-state index in [9.17, 15) is 0 Å². The molecule has 0 aliphatic carbocycles. The SMILES string of the molecule is C=CCNc1nc(-c2ccccc2)cc(N2CCCCCC2)n1. The van der Waals surface area contributed by atoms with Gasteiger partial charge in [0.25, 0.3) is 0 Å². The molecule has 0 unspecified atom stereocenters. The van der Waals surface area contributed by atoms with Crippen molar-refractivity contribution in [1.82, 2.24) is 9.97 Å². The van der Waals surface area contributed by atoms with Crippen molar-refractivity contribution in [2.75, 3.05) is 29.9 Å². The van der Waals surface area contributed by atoms with Gasteiger partial charge in [-0.3, -0.25) is 0 Å². The number of aromatic nitrogens is 2. The van der Waals surface area contributed by atoms with Crippen LogP contribution in [0.25, 0.3) is 11.3 Å². The molecule has 1 aromatic carbocycles. The van der Waals surface area contributed by atoms with Crippen molar-refractivity contribution in [2.45, 2.75) is 25.7 Å². The van der Waals surface area contributed by atoms with E-state index in [1.165, 1.54) is 25.7 Å². The molecule has 120 valence electrons. The molecule has 0 saturated carbocycles. The van der Waals surface area contributed by atoms with Crippen LogP contribution in [0.5, 0.6) is 0 Å². The second-order valence-corrected chi connectivity index (χ2v) is 5.87. The van der Waals surface area contributed by atoms with E-state index in [1.54, 1.807) is 0 Å². The summed E-state index contributed by atoms with van der Waals surface area (Å²) in [4.78, 5) is 11.8. The van der Waals surface area contributed by atoms with Gasteiger partial charge in [0, 0.05) is 31.3 Å². The molecule has 4 heteroatoms. The topological polar surface area (TPSA) is 41.1 Å². The van der Waals surface area contributed by atoms with E-state index in [2.05, 4.69) is 40.0 Å². The first kappa shape index (κ1) is 15.5. The second-order valence-electron chi connectivity index (χ2n) is 5.87. The van der Waals surface area contributed by atoms with Gasteiger partial charge < -0.3 is 10.2 Å². The fourth-order valence-electron chi connectivity index (χ4n) is 2.90. The number of hydrogen-bond donors (Lipinski definition) is 1. The van der Waals surface area contributed by atoms with Crippen molar-refractivity contribution in [1.29, 1.82) is 0 Å². The lowest BCUT2D eigenvalue weighted by Gasteiger charge is -2.22. The summed E-state index contributed by atoms with van der Waals surface area (Å²) in [6.45, 7) is 6.57. The third-order valence-electron chi connectivity index (χ3n) is 4.12. The minimum atomic E-state index is 0.664. The lowest BCUT2D eigenvalue weighted by molar-refractivity contribution is 0.726. The van der Waals surface area contributed by atoms with Gasteiger partial charge in [0.1, 0.15) is 5.82 Å². The van der Waals surface area contributed by atoms with E-state index in [0.29, 0.717) is 12.5 Å². The van der Waals surface area contributed by atoms with E-state index in [0.717, 1.165) is 30.2 Å². The number of benzene rings is 1. The summed E-state index contributed by atoms with van der Waals surface area (Å²) in [5.41, 5.74) is 2.08. The van der Waals surface area contributed by atoms with Crippen LogP contribution in [0.2, 0.25) is 0 Å². The van der Waals surface area contributed by atoms with Crippen molar-refractivity contribution in [3.8, 4) is 11.3 Å². The molecule has 1 N–H and O–H groups in total. The maximum absolute atomic E-state index is 4.72. The molecule has 2 aromatic rings. The van der Waals surface area contributed by atoms with Gasteiger partial charge in [-0.1, -0.05) is 49.2 Å². The molecule has 23 heavy (non-hydrogen) atoms. The van der Waals surface area contributed by atoms with Crippen LogP contribution in [0, 0.1) is 0 Å². The Morgan fingerprint density at radius 2 is 1.78 bits per heavy atom. The average molecular weight is 308 g/mol. The molecule has 2 heterocycles. The van der Waals surface area contributed by atoms with E-state index in [1.807, 2.05) is 24.3 Å². The quantitative estimate of drug-likeness (QED) is 0.844. The normalized spacial score (nSPS) is 15.0.